The van der Waals surface area contributed by atoms with Crippen molar-refractivity contribution in [2.45, 2.75) is 45.2 Å². The number of amides is 1. The first-order chi connectivity index (χ1) is 15.0. The lowest BCUT2D eigenvalue weighted by Gasteiger charge is -2.52. The predicted octanol–water partition coefficient (Wildman–Crippen LogP) is 2.04. The first-order valence-electron chi connectivity index (χ1n) is 11.6. The van der Waals surface area contributed by atoms with Gasteiger partial charge in [0.2, 0.25) is 5.91 Å². The fourth-order valence-corrected chi connectivity index (χ4v) is 5.77. The Morgan fingerprint density at radius 1 is 1.16 bits per heavy atom. The quantitative estimate of drug-likeness (QED) is 0.697. The number of primary amides is 1. The number of rotatable bonds is 6. The van der Waals surface area contributed by atoms with Gasteiger partial charge in [0.05, 0.1) is 25.2 Å². The summed E-state index contributed by atoms with van der Waals surface area (Å²) in [5.41, 5.74) is 6.59. The van der Waals surface area contributed by atoms with E-state index in [2.05, 4.69) is 9.80 Å². The summed E-state index contributed by atoms with van der Waals surface area (Å²) >= 11 is 0. The van der Waals surface area contributed by atoms with Crippen LogP contribution in [0.2, 0.25) is 0 Å². The summed E-state index contributed by atoms with van der Waals surface area (Å²) < 4.78 is 11.1. The summed E-state index contributed by atoms with van der Waals surface area (Å²) in [6.45, 7) is 8.41. The molecule has 2 N–H and O–H groups in total. The lowest BCUT2D eigenvalue weighted by atomic mass is 9.61. The van der Waals surface area contributed by atoms with E-state index in [1.807, 2.05) is 19.1 Å². The first kappa shape index (κ1) is 22.2. The van der Waals surface area contributed by atoms with E-state index >= 15 is 0 Å². The van der Waals surface area contributed by atoms with E-state index < -0.39 is 11.3 Å². The Bertz CT molecular complexity index is 778. The molecule has 7 nitrogen and oxygen atoms in total. The SMILES string of the molecule is CCOC(=O)[C@@]12CCC(N3CCOCC3)C[C@H]1CCN(Cc1ccc(C(N)=O)cc1)C2. The fraction of sp³-hybridized carbons (Fsp3) is 0.667. The summed E-state index contributed by atoms with van der Waals surface area (Å²) in [7, 11) is 0. The highest BCUT2D eigenvalue weighted by Crippen LogP contribution is 2.48. The Kier molecular flexibility index (Phi) is 6.94. The molecule has 1 unspecified atom stereocenters. The molecule has 1 amide bonds. The van der Waals surface area contributed by atoms with Gasteiger partial charge in [0, 0.05) is 37.8 Å². The number of carbonyl (C=O) groups excluding carboxylic acids is 2. The Hall–Kier alpha value is -1.96. The minimum absolute atomic E-state index is 0.0193. The topological polar surface area (TPSA) is 85.1 Å². The molecule has 0 spiro atoms. The number of nitrogens with zero attached hydrogens (tertiary/aromatic N) is 2. The maximum atomic E-state index is 13.2. The van der Waals surface area contributed by atoms with Gasteiger partial charge in [0.15, 0.2) is 0 Å². The molecule has 2 saturated heterocycles. The normalized spacial score (nSPS) is 29.8. The van der Waals surface area contributed by atoms with Gasteiger partial charge in [-0.25, -0.2) is 0 Å². The molecule has 2 heterocycles. The standard InChI is InChI=1S/C24H35N3O4/c1-2-31-23(29)24-9-7-21(27-11-13-30-14-12-27)15-20(24)8-10-26(17-24)16-18-3-5-19(6-4-18)22(25)28/h3-6,20-21H,2,7-17H2,1H3,(H2,25,28)/t20-,21?,24-/m1/s1. The zero-order valence-electron chi connectivity index (χ0n) is 18.6. The molecule has 31 heavy (non-hydrogen) atoms. The van der Waals surface area contributed by atoms with E-state index in [1.54, 1.807) is 12.1 Å². The van der Waals surface area contributed by atoms with Crippen molar-refractivity contribution >= 4 is 11.9 Å². The molecule has 4 rings (SSSR count). The van der Waals surface area contributed by atoms with Crippen molar-refractivity contribution in [3.63, 3.8) is 0 Å². The van der Waals surface area contributed by atoms with Gasteiger partial charge in [-0.05, 0) is 62.8 Å². The molecule has 3 fully saturated rings. The van der Waals surface area contributed by atoms with Gasteiger partial charge >= 0.3 is 5.97 Å². The van der Waals surface area contributed by atoms with E-state index in [9.17, 15) is 9.59 Å². The number of likely N-dealkylation sites (tertiary alicyclic amines) is 1. The Labute approximate surface area is 184 Å². The van der Waals surface area contributed by atoms with Gasteiger partial charge in [0.1, 0.15) is 0 Å². The van der Waals surface area contributed by atoms with Gasteiger partial charge in [-0.1, -0.05) is 12.1 Å². The summed E-state index contributed by atoms with van der Waals surface area (Å²) in [5, 5.41) is 0. The minimum atomic E-state index is -0.412. The van der Waals surface area contributed by atoms with Gasteiger partial charge in [-0.3, -0.25) is 19.4 Å². The summed E-state index contributed by atoms with van der Waals surface area (Å²) in [6, 6.07) is 8.01. The molecule has 3 aliphatic rings. The van der Waals surface area contributed by atoms with Crippen molar-refractivity contribution in [1.82, 2.24) is 9.80 Å². The van der Waals surface area contributed by atoms with Crippen molar-refractivity contribution in [2.75, 3.05) is 46.0 Å². The molecule has 7 heteroatoms. The molecule has 170 valence electrons. The van der Waals surface area contributed by atoms with E-state index in [0.29, 0.717) is 24.1 Å². The van der Waals surface area contributed by atoms with Crippen LogP contribution in [0, 0.1) is 11.3 Å². The molecule has 1 aromatic rings. The van der Waals surface area contributed by atoms with Gasteiger partial charge < -0.3 is 15.2 Å². The number of esters is 1. The van der Waals surface area contributed by atoms with Crippen molar-refractivity contribution in [1.29, 1.82) is 0 Å². The molecular weight excluding hydrogens is 394 g/mol. The number of carbonyl (C=O) groups is 2. The predicted molar refractivity (Wildman–Crippen MR) is 117 cm³/mol. The zero-order chi connectivity index (χ0) is 21.8. The van der Waals surface area contributed by atoms with Gasteiger partial charge in [-0.15, -0.1) is 0 Å². The van der Waals surface area contributed by atoms with Crippen LogP contribution in [-0.2, 0) is 20.8 Å². The zero-order valence-corrected chi connectivity index (χ0v) is 18.6. The minimum Gasteiger partial charge on any atom is -0.466 e. The number of morpholine rings is 1. The largest absolute Gasteiger partial charge is 0.466 e. The number of fused-ring (bicyclic) bond motifs is 1. The van der Waals surface area contributed by atoms with Crippen LogP contribution >= 0.6 is 0 Å². The third kappa shape index (κ3) is 4.78. The summed E-state index contributed by atoms with van der Waals surface area (Å²) in [4.78, 5) is 29.5. The van der Waals surface area contributed by atoms with Crippen molar-refractivity contribution in [3.8, 4) is 0 Å². The maximum absolute atomic E-state index is 13.2. The number of hydrogen-bond acceptors (Lipinski definition) is 6. The number of ether oxygens (including phenoxy) is 2. The van der Waals surface area contributed by atoms with Crippen LogP contribution in [0.25, 0.3) is 0 Å². The average molecular weight is 430 g/mol. The third-order valence-electron chi connectivity index (χ3n) is 7.45. The molecule has 1 aromatic carbocycles. The van der Waals surface area contributed by atoms with Gasteiger partial charge in [-0.2, -0.15) is 0 Å². The Morgan fingerprint density at radius 2 is 1.90 bits per heavy atom. The first-order valence-corrected chi connectivity index (χ1v) is 11.6. The number of hydrogen-bond donors (Lipinski definition) is 1. The van der Waals surface area contributed by atoms with Crippen molar-refractivity contribution in [2.24, 2.45) is 17.1 Å². The van der Waals surface area contributed by atoms with Crippen LogP contribution in [-0.4, -0.2) is 73.7 Å². The Balaban J connectivity index is 1.46. The second kappa shape index (κ2) is 9.67. The molecule has 0 radical (unpaired) electrons. The highest BCUT2D eigenvalue weighted by Gasteiger charge is 2.53. The van der Waals surface area contributed by atoms with Crippen molar-refractivity contribution in [3.05, 3.63) is 35.4 Å². The molecule has 0 aromatic heterocycles. The third-order valence-corrected chi connectivity index (χ3v) is 7.45. The molecular formula is C24H35N3O4. The smallest absolute Gasteiger partial charge is 0.313 e. The second-order valence-corrected chi connectivity index (χ2v) is 9.21. The Morgan fingerprint density at radius 3 is 2.58 bits per heavy atom. The van der Waals surface area contributed by atoms with E-state index in [4.69, 9.17) is 15.2 Å². The van der Waals surface area contributed by atoms with E-state index in [0.717, 1.165) is 77.2 Å². The van der Waals surface area contributed by atoms with Crippen LogP contribution in [0.5, 0.6) is 0 Å². The van der Waals surface area contributed by atoms with Crippen molar-refractivity contribution < 1.29 is 19.1 Å². The summed E-state index contributed by atoms with van der Waals surface area (Å²) in [6.07, 6.45) is 4.01. The highest BCUT2D eigenvalue weighted by atomic mass is 16.5. The number of piperidine rings is 1. The van der Waals surface area contributed by atoms with E-state index in [-0.39, 0.29) is 5.97 Å². The molecule has 1 aliphatic carbocycles. The van der Waals surface area contributed by atoms with Crippen LogP contribution in [0.4, 0.5) is 0 Å². The highest BCUT2D eigenvalue weighted by molar-refractivity contribution is 5.92. The molecule has 0 bridgehead atoms. The van der Waals surface area contributed by atoms with Crippen LogP contribution < -0.4 is 5.73 Å². The van der Waals surface area contributed by atoms with Crippen LogP contribution in [0.1, 0.15) is 48.5 Å². The van der Waals surface area contributed by atoms with Crippen LogP contribution in [0.3, 0.4) is 0 Å². The lowest BCUT2D eigenvalue weighted by Crippen LogP contribution is -2.58. The lowest BCUT2D eigenvalue weighted by molar-refractivity contribution is -0.170. The molecule has 1 saturated carbocycles. The number of benzene rings is 1. The second-order valence-electron chi connectivity index (χ2n) is 9.21. The molecule has 2 aliphatic heterocycles. The average Bonchev–Trinajstić information content (AvgIpc) is 2.79. The number of nitrogens with two attached hydrogens (primary N) is 1. The van der Waals surface area contributed by atoms with Crippen LogP contribution in [0.15, 0.2) is 24.3 Å². The maximum Gasteiger partial charge on any atom is 0.313 e. The summed E-state index contributed by atoms with van der Waals surface area (Å²) in [5.74, 6) is -0.0681. The van der Waals surface area contributed by atoms with E-state index in [1.165, 1.54) is 0 Å². The monoisotopic (exact) mass is 429 g/mol. The fourth-order valence-electron chi connectivity index (χ4n) is 5.77. The van der Waals surface area contributed by atoms with Gasteiger partial charge in [0.25, 0.3) is 0 Å². The molecule has 3 atom stereocenters.